The van der Waals surface area contributed by atoms with Crippen molar-refractivity contribution in [3.8, 4) is 23.0 Å². The van der Waals surface area contributed by atoms with Gasteiger partial charge in [0, 0.05) is 60.0 Å². The summed E-state index contributed by atoms with van der Waals surface area (Å²) in [6, 6.07) is 22.5. The van der Waals surface area contributed by atoms with Crippen LogP contribution in [0.4, 0.5) is 33.4 Å². The van der Waals surface area contributed by atoms with E-state index in [9.17, 15) is 22.0 Å². The van der Waals surface area contributed by atoms with Crippen molar-refractivity contribution in [2.45, 2.75) is 31.4 Å². The minimum absolute atomic E-state index is 0.162. The molecule has 6 rings (SSSR count). The zero-order chi connectivity index (χ0) is 41.6. The molecule has 2 heterocycles. The van der Waals surface area contributed by atoms with E-state index in [2.05, 4.69) is 30.6 Å². The van der Waals surface area contributed by atoms with Crippen LogP contribution in [0.3, 0.4) is 0 Å². The lowest BCUT2D eigenvalue weighted by atomic mass is 9.86. The van der Waals surface area contributed by atoms with E-state index in [1.807, 2.05) is 45.0 Å². The second kappa shape index (κ2) is 18.0. The number of aromatic nitrogens is 1. The molecule has 0 aliphatic carbocycles. The van der Waals surface area contributed by atoms with Gasteiger partial charge in [0.1, 0.15) is 23.1 Å². The summed E-state index contributed by atoms with van der Waals surface area (Å²) in [6.45, 7) is 8.71. The maximum absolute atomic E-state index is 13.5. The van der Waals surface area contributed by atoms with E-state index in [0.717, 1.165) is 17.2 Å². The number of nitrogens with one attached hydrogen (secondary N) is 4. The van der Waals surface area contributed by atoms with E-state index in [1.165, 1.54) is 14.2 Å². The number of methoxy groups -OCH3 is 2. The summed E-state index contributed by atoms with van der Waals surface area (Å²) in [5, 5.41) is 9.65. The third-order valence-electron chi connectivity index (χ3n) is 9.41. The van der Waals surface area contributed by atoms with E-state index < -0.39 is 32.4 Å². The average molecular weight is 832 g/mol. The molecule has 1 fully saturated rings. The number of anilines is 5. The van der Waals surface area contributed by atoms with Crippen molar-refractivity contribution in [2.75, 3.05) is 74.0 Å². The molecule has 2 amide bonds. The van der Waals surface area contributed by atoms with E-state index in [-0.39, 0.29) is 22.5 Å². The van der Waals surface area contributed by atoms with Crippen molar-refractivity contribution in [1.82, 2.24) is 9.88 Å². The number of carbonyl (C=O) groups excluding carboxylic acids is 1. The molecular formula is C41H47N6O9S2-. The average Bonchev–Trinajstić information content (AvgIpc) is 3.17. The van der Waals surface area contributed by atoms with Gasteiger partial charge >= 0.3 is 6.03 Å². The fraction of sp³-hybridized carbons (Fsp3) is 0.317. The smallest absolute Gasteiger partial charge is 0.323 e. The van der Waals surface area contributed by atoms with E-state index in [0.29, 0.717) is 78.2 Å². The van der Waals surface area contributed by atoms with Crippen LogP contribution in [-0.2, 0) is 31.3 Å². The van der Waals surface area contributed by atoms with Crippen LogP contribution in [0.5, 0.6) is 23.0 Å². The van der Waals surface area contributed by atoms with Gasteiger partial charge in [-0.3, -0.25) is 13.8 Å². The number of benzene rings is 4. The summed E-state index contributed by atoms with van der Waals surface area (Å²) < 4.78 is 74.5. The maximum Gasteiger partial charge on any atom is 0.323 e. The number of morpholine rings is 1. The second-order valence-corrected chi connectivity index (χ2v) is 17.5. The summed E-state index contributed by atoms with van der Waals surface area (Å²) in [7, 11) is -0.744. The lowest BCUT2D eigenvalue weighted by Crippen LogP contribution is -2.39. The molecule has 2 unspecified atom stereocenters. The molecule has 1 aliphatic rings. The molecule has 4 aromatic carbocycles. The maximum atomic E-state index is 13.5. The Morgan fingerprint density at radius 1 is 0.914 bits per heavy atom. The molecular weight excluding hydrogens is 785 g/mol. The Morgan fingerprint density at radius 3 is 2.29 bits per heavy atom. The molecule has 308 valence electrons. The van der Waals surface area contributed by atoms with Gasteiger partial charge in [0.15, 0.2) is 5.75 Å². The number of sulfonamides is 1. The predicted octanol–water partition coefficient (Wildman–Crippen LogP) is 7.35. The Bertz CT molecular complexity index is 2420. The fourth-order valence-corrected chi connectivity index (χ4v) is 7.84. The number of amides is 2. The number of urea groups is 1. The number of hydrogen-bond donors (Lipinski definition) is 4. The molecule has 1 aliphatic heterocycles. The Morgan fingerprint density at radius 2 is 1.62 bits per heavy atom. The normalized spacial score (nSPS) is 14.6. The van der Waals surface area contributed by atoms with Crippen molar-refractivity contribution < 1.29 is 40.9 Å². The van der Waals surface area contributed by atoms with Gasteiger partial charge < -0.3 is 39.5 Å². The third-order valence-corrected chi connectivity index (χ3v) is 10.9. The molecule has 1 aromatic heterocycles. The van der Waals surface area contributed by atoms with Crippen LogP contribution in [0.2, 0.25) is 0 Å². The highest BCUT2D eigenvalue weighted by Gasteiger charge is 2.24. The number of nitrogens with zero attached hydrogens (tertiary/aromatic N) is 2. The van der Waals surface area contributed by atoms with Crippen molar-refractivity contribution in [3.05, 3.63) is 96.2 Å². The second-order valence-electron chi connectivity index (χ2n) is 14.7. The molecule has 0 spiro atoms. The number of carbonyl (C=O) groups is 1. The van der Waals surface area contributed by atoms with Crippen molar-refractivity contribution >= 4 is 66.5 Å². The van der Waals surface area contributed by atoms with Gasteiger partial charge in [-0.15, -0.1) is 0 Å². The molecule has 1 saturated heterocycles. The number of fused-ring (bicyclic) bond motifs is 1. The summed E-state index contributed by atoms with van der Waals surface area (Å²) in [6.07, 6.45) is 2.65. The Labute approximate surface area is 340 Å². The molecule has 2 atom stereocenters. The Kier molecular flexibility index (Phi) is 13.1. The van der Waals surface area contributed by atoms with Crippen molar-refractivity contribution in [3.63, 3.8) is 0 Å². The molecule has 0 radical (unpaired) electrons. The molecule has 0 bridgehead atoms. The van der Waals surface area contributed by atoms with Crippen molar-refractivity contribution in [2.24, 2.45) is 0 Å². The Hall–Kier alpha value is -5.46. The summed E-state index contributed by atoms with van der Waals surface area (Å²) in [5.74, 6) is 2.08. The number of ether oxygens (including phenoxy) is 4. The van der Waals surface area contributed by atoms with Gasteiger partial charge in [-0.1, -0.05) is 51.1 Å². The largest absolute Gasteiger partial charge is 0.772 e. The van der Waals surface area contributed by atoms with Gasteiger partial charge in [0.2, 0.25) is 10.0 Å². The summed E-state index contributed by atoms with van der Waals surface area (Å²) in [4.78, 5) is 20.0. The SMILES string of the molecule is COc1cc(Nc2cc(Oc3ccc(NC(=O)Nc4cc(C(C)(C)C)cc(NS(C)(=O)=O)c4OC)c4ccccc34)ccn2)ccc1C(CN1CCOCC1)S(=O)[O-]. The van der Waals surface area contributed by atoms with Gasteiger partial charge in [-0.2, -0.15) is 0 Å². The molecule has 5 aromatic rings. The first-order valence-electron chi connectivity index (χ1n) is 18.4. The summed E-state index contributed by atoms with van der Waals surface area (Å²) in [5.41, 5.74) is 2.59. The minimum Gasteiger partial charge on any atom is -0.772 e. The first-order chi connectivity index (χ1) is 27.6. The van der Waals surface area contributed by atoms with E-state index >= 15 is 0 Å². The minimum atomic E-state index is -3.65. The zero-order valence-corrected chi connectivity index (χ0v) is 34.7. The zero-order valence-electron chi connectivity index (χ0n) is 33.1. The van der Waals surface area contributed by atoms with Crippen LogP contribution in [0.15, 0.2) is 85.1 Å². The molecule has 58 heavy (non-hydrogen) atoms. The standard InChI is InChI=1S/C41H48N6O9S2/c1-41(2,3)26-21-33(39(54-5)34(22-26)46-58(6,51)52)45-40(48)44-32-13-14-35(30-10-8-7-9-29(30)32)56-28-15-16-42-38(24-28)43-27-11-12-31(36(23-27)53-4)37(57(49)50)25-47-17-19-55-20-18-47/h7-16,21-24,37,46H,17-20,25H2,1-6H3,(H,42,43)(H,49,50)(H2,44,45,48)/p-1. The molecule has 17 heteroatoms. The van der Waals surface area contributed by atoms with Crippen molar-refractivity contribution in [1.29, 1.82) is 0 Å². The topological polar surface area (TPSA) is 193 Å². The Balaban J connectivity index is 1.19. The van der Waals surface area contributed by atoms with Gasteiger partial charge in [0.05, 0.1) is 56.0 Å². The van der Waals surface area contributed by atoms with Crippen LogP contribution in [0, 0.1) is 0 Å². The van der Waals surface area contributed by atoms with Gasteiger partial charge in [0.25, 0.3) is 0 Å². The lowest BCUT2D eigenvalue weighted by Gasteiger charge is -2.32. The molecule has 15 nitrogen and oxygen atoms in total. The first-order valence-corrected chi connectivity index (χ1v) is 21.4. The van der Waals surface area contributed by atoms with Crippen LogP contribution >= 0.6 is 0 Å². The number of hydrogen-bond acceptors (Lipinski definition) is 12. The van der Waals surface area contributed by atoms with Crippen LogP contribution in [-0.4, -0.2) is 86.4 Å². The number of pyridine rings is 1. The van der Waals surface area contributed by atoms with E-state index in [4.69, 9.17) is 18.9 Å². The molecule has 0 saturated carbocycles. The van der Waals surface area contributed by atoms with Crippen LogP contribution in [0.25, 0.3) is 10.8 Å². The highest BCUT2D eigenvalue weighted by atomic mass is 32.2. The molecule has 4 N–H and O–H groups in total. The van der Waals surface area contributed by atoms with Gasteiger partial charge in [-0.05, 0) is 58.5 Å². The highest BCUT2D eigenvalue weighted by Crippen LogP contribution is 2.40. The summed E-state index contributed by atoms with van der Waals surface area (Å²) >= 11 is -2.38. The van der Waals surface area contributed by atoms with Gasteiger partial charge in [-0.25, -0.2) is 18.2 Å². The fourth-order valence-electron chi connectivity index (χ4n) is 6.55. The van der Waals surface area contributed by atoms with Crippen LogP contribution < -0.4 is 34.9 Å². The predicted molar refractivity (Wildman–Crippen MR) is 226 cm³/mol. The van der Waals surface area contributed by atoms with Crippen LogP contribution in [0.1, 0.15) is 37.1 Å². The third kappa shape index (κ3) is 10.5. The number of rotatable bonds is 14. The quantitative estimate of drug-likeness (QED) is 0.0815. The van der Waals surface area contributed by atoms with E-state index in [1.54, 1.807) is 60.8 Å². The lowest BCUT2D eigenvalue weighted by molar-refractivity contribution is 0.0376. The highest BCUT2D eigenvalue weighted by molar-refractivity contribution is 7.92. The first kappa shape index (κ1) is 42.2. The monoisotopic (exact) mass is 831 g/mol.